The van der Waals surface area contributed by atoms with E-state index >= 15 is 0 Å². The summed E-state index contributed by atoms with van der Waals surface area (Å²) in [4.78, 5) is 21.9. The lowest BCUT2D eigenvalue weighted by molar-refractivity contribution is -0.274. The number of carbonyl (C=O) groups is 1. The zero-order valence-electron chi connectivity index (χ0n) is 24.9. The van der Waals surface area contributed by atoms with Crippen LogP contribution in [0.3, 0.4) is 0 Å². The Morgan fingerprint density at radius 3 is 2.28 bits per heavy atom. The maximum atomic E-state index is 13.2. The van der Waals surface area contributed by atoms with Gasteiger partial charge in [-0.25, -0.2) is 26.8 Å². The van der Waals surface area contributed by atoms with Crippen molar-refractivity contribution in [3.05, 3.63) is 69.7 Å². The first-order valence-corrected chi connectivity index (χ1v) is 18.1. The molecule has 1 amide bonds. The van der Waals surface area contributed by atoms with Gasteiger partial charge in [-0.15, -0.1) is 24.5 Å². The van der Waals surface area contributed by atoms with Crippen LogP contribution in [0.1, 0.15) is 48.5 Å². The Hall–Kier alpha value is -3.67. The van der Waals surface area contributed by atoms with Crippen molar-refractivity contribution >= 4 is 70.6 Å². The molecule has 0 radical (unpaired) electrons. The molecule has 4 aromatic rings. The number of hydrogen-bond donors (Lipinski definition) is 2. The number of hydrogen-bond acceptors (Lipinski definition) is 10. The van der Waals surface area contributed by atoms with E-state index in [2.05, 4.69) is 20.0 Å². The average molecular weight is 721 g/mol. The molecule has 0 saturated heterocycles. The maximum absolute atomic E-state index is 13.2. The number of nitrogens with one attached hydrogen (secondary N) is 2. The summed E-state index contributed by atoms with van der Waals surface area (Å²) in [6, 6.07) is 10.1. The van der Waals surface area contributed by atoms with Crippen LogP contribution in [0.5, 0.6) is 11.5 Å². The van der Waals surface area contributed by atoms with Gasteiger partial charge >= 0.3 is 6.36 Å². The quantitative estimate of drug-likeness (QED) is 0.180. The molecule has 0 atom stereocenters. The highest BCUT2D eigenvalue weighted by molar-refractivity contribution is 8.08. The summed E-state index contributed by atoms with van der Waals surface area (Å²) in [7, 11) is -8.10. The molecule has 0 aliphatic rings. The minimum atomic E-state index is -4.92. The molecule has 0 fully saturated rings. The van der Waals surface area contributed by atoms with Crippen molar-refractivity contribution in [2.45, 2.75) is 45.6 Å². The molecule has 0 saturated carbocycles. The molecule has 0 spiro atoms. The van der Waals surface area contributed by atoms with Crippen LogP contribution in [0, 0.1) is 0 Å². The molecule has 2 aromatic heterocycles. The lowest BCUT2D eigenvalue weighted by Gasteiger charge is -2.28. The topological polar surface area (TPSA) is 154 Å². The fourth-order valence-electron chi connectivity index (χ4n) is 4.30. The number of thiophene rings is 1. The normalized spacial score (nSPS) is 12.7. The van der Waals surface area contributed by atoms with E-state index in [9.17, 15) is 34.8 Å². The summed E-state index contributed by atoms with van der Waals surface area (Å²) in [5.41, 5.74) is 0.503. The molecule has 0 aliphatic heterocycles. The number of sulfone groups is 1. The van der Waals surface area contributed by atoms with Crippen molar-refractivity contribution < 1.29 is 44.3 Å². The second kappa shape index (κ2) is 12.8. The zero-order chi connectivity index (χ0) is 34.2. The zero-order valence-corrected chi connectivity index (χ0v) is 28.1. The summed E-state index contributed by atoms with van der Waals surface area (Å²) in [6.45, 7) is 7.00. The Morgan fingerprint density at radius 2 is 1.65 bits per heavy atom. The van der Waals surface area contributed by atoms with E-state index < -0.39 is 48.4 Å². The molecule has 18 heteroatoms. The third kappa shape index (κ3) is 9.43. The highest BCUT2D eigenvalue weighted by Gasteiger charge is 2.33. The van der Waals surface area contributed by atoms with E-state index in [0.717, 1.165) is 29.9 Å². The fraction of sp³-hybridized carbons (Fsp3) is 0.321. The second-order valence-corrected chi connectivity index (χ2v) is 16.7. The predicted octanol–water partition coefficient (Wildman–Crippen LogP) is 6.35. The van der Waals surface area contributed by atoms with E-state index in [1.165, 1.54) is 18.2 Å². The fourth-order valence-corrected chi connectivity index (χ4v) is 8.28. The number of amides is 1. The van der Waals surface area contributed by atoms with Crippen LogP contribution in [0.4, 0.5) is 24.7 Å². The number of sulfonamides is 1. The number of nitrogens with zero attached hydrogens (tertiary/aromatic N) is 2. The first-order chi connectivity index (χ1) is 21.1. The van der Waals surface area contributed by atoms with Gasteiger partial charge in [0.1, 0.15) is 21.8 Å². The van der Waals surface area contributed by atoms with E-state index in [-0.39, 0.29) is 38.8 Å². The monoisotopic (exact) mass is 720 g/mol. The number of alkyl halides is 3. The van der Waals surface area contributed by atoms with Crippen LogP contribution >= 0.6 is 22.9 Å². The summed E-state index contributed by atoms with van der Waals surface area (Å²) in [6.07, 6.45) is -3.37. The Balaban J connectivity index is 1.61. The Labute approximate surface area is 272 Å². The number of carbonyl (C=O) groups excluding carboxylic acids is 1. The minimum absolute atomic E-state index is 0.166. The van der Waals surface area contributed by atoms with Crippen LogP contribution in [0.15, 0.2) is 48.7 Å². The largest absolute Gasteiger partial charge is 0.573 e. The SMILES string of the molecule is CC(C)Oc1cc(OC(F)(F)F)cc(C(C)(C)c2cc(Cl)cc(NC(=O)c3cc4nc(NS(=O)(=O)CS(C)(=O)=O)cnc4s3)c2)c1. The lowest BCUT2D eigenvalue weighted by Crippen LogP contribution is -2.22. The van der Waals surface area contributed by atoms with Crippen LogP contribution < -0.4 is 19.5 Å². The smallest absolute Gasteiger partial charge is 0.491 e. The third-order valence-electron chi connectivity index (χ3n) is 6.18. The highest BCUT2D eigenvalue weighted by Crippen LogP contribution is 2.39. The standard InChI is InChI=1S/C28H28ClF3N4O7S3/c1-15(2)42-20-8-17(9-21(11-20)43-28(30,31)32)27(3,4)16-6-18(29)10-19(7-16)34-25(37)23-12-22-26(44-23)33-13-24(35-22)36-46(40,41)14-45(5,38)39/h6-13,15H,14H2,1-5H3,(H,34,37)(H,35,36). The average Bonchev–Trinajstić information content (AvgIpc) is 3.28. The van der Waals surface area contributed by atoms with Gasteiger partial charge in [0.05, 0.1) is 17.2 Å². The predicted molar refractivity (Wildman–Crippen MR) is 170 cm³/mol. The van der Waals surface area contributed by atoms with Gasteiger partial charge in [0.15, 0.2) is 20.7 Å². The third-order valence-corrected chi connectivity index (χ3v) is 10.9. The second-order valence-electron chi connectivity index (χ2n) is 11.0. The van der Waals surface area contributed by atoms with Gasteiger partial charge in [0.2, 0.25) is 10.0 Å². The highest BCUT2D eigenvalue weighted by atomic mass is 35.5. The number of benzene rings is 2. The Kier molecular flexibility index (Phi) is 9.83. The number of anilines is 2. The minimum Gasteiger partial charge on any atom is -0.491 e. The molecule has 4 rings (SSSR count). The molecular formula is C28H28ClF3N4O7S3. The van der Waals surface area contributed by atoms with Crippen LogP contribution in [0.2, 0.25) is 5.02 Å². The number of fused-ring (bicyclic) bond motifs is 1. The van der Waals surface area contributed by atoms with Gasteiger partial charge in [0.25, 0.3) is 5.91 Å². The van der Waals surface area contributed by atoms with Gasteiger partial charge < -0.3 is 14.8 Å². The molecule has 248 valence electrons. The van der Waals surface area contributed by atoms with E-state index in [4.69, 9.17) is 16.3 Å². The first-order valence-electron chi connectivity index (χ1n) is 13.2. The first kappa shape index (κ1) is 35.2. The van der Waals surface area contributed by atoms with Crippen LogP contribution in [0.25, 0.3) is 10.3 Å². The molecule has 2 N–H and O–H groups in total. The lowest BCUT2D eigenvalue weighted by atomic mass is 9.78. The summed E-state index contributed by atoms with van der Waals surface area (Å²) >= 11 is 7.38. The molecule has 2 aromatic carbocycles. The molecule has 0 bridgehead atoms. The van der Waals surface area contributed by atoms with Gasteiger partial charge in [-0.05, 0) is 61.4 Å². The number of rotatable bonds is 11. The van der Waals surface area contributed by atoms with Crippen molar-refractivity contribution in [3.63, 3.8) is 0 Å². The van der Waals surface area contributed by atoms with Crippen molar-refractivity contribution in [2.24, 2.45) is 0 Å². The number of ether oxygens (including phenoxy) is 2. The molecular weight excluding hydrogens is 693 g/mol. The molecule has 0 aliphatic carbocycles. The summed E-state index contributed by atoms with van der Waals surface area (Å²) in [5.74, 6) is -1.08. The number of aromatic nitrogens is 2. The van der Waals surface area contributed by atoms with Crippen LogP contribution in [-0.2, 0) is 25.3 Å². The van der Waals surface area contributed by atoms with Crippen molar-refractivity contribution in [3.8, 4) is 11.5 Å². The van der Waals surface area contributed by atoms with Gasteiger partial charge in [-0.2, -0.15) is 0 Å². The number of halogens is 4. The summed E-state index contributed by atoms with van der Waals surface area (Å²) in [5, 5.41) is 1.84. The molecule has 2 heterocycles. The van der Waals surface area contributed by atoms with Crippen molar-refractivity contribution in [1.82, 2.24) is 9.97 Å². The maximum Gasteiger partial charge on any atom is 0.573 e. The molecule has 11 nitrogen and oxygen atoms in total. The van der Waals surface area contributed by atoms with E-state index in [1.807, 2.05) is 4.72 Å². The van der Waals surface area contributed by atoms with E-state index in [1.54, 1.807) is 45.9 Å². The summed E-state index contributed by atoms with van der Waals surface area (Å²) < 4.78 is 98.2. The van der Waals surface area contributed by atoms with Crippen molar-refractivity contribution in [2.75, 3.05) is 21.4 Å². The van der Waals surface area contributed by atoms with Gasteiger partial charge in [-0.3, -0.25) is 9.52 Å². The molecule has 46 heavy (non-hydrogen) atoms. The van der Waals surface area contributed by atoms with Gasteiger partial charge in [-0.1, -0.05) is 25.4 Å². The van der Waals surface area contributed by atoms with Gasteiger partial charge in [0, 0.05) is 28.4 Å². The Morgan fingerprint density at radius 1 is 1.00 bits per heavy atom. The molecule has 0 unspecified atom stereocenters. The Bertz CT molecular complexity index is 2020. The van der Waals surface area contributed by atoms with E-state index in [0.29, 0.717) is 16.0 Å². The van der Waals surface area contributed by atoms with Crippen molar-refractivity contribution in [1.29, 1.82) is 0 Å². The van der Waals surface area contributed by atoms with Crippen LogP contribution in [-0.4, -0.2) is 56.5 Å².